The Balaban J connectivity index is 2.06. The molecule has 0 N–H and O–H groups in total. The molecule has 0 aliphatic carbocycles. The number of carbonyl (C=O) groups is 2. The summed E-state index contributed by atoms with van der Waals surface area (Å²) in [5, 5.41) is 2.38. The third-order valence-electron chi connectivity index (χ3n) is 5.34. The van der Waals surface area contributed by atoms with Crippen molar-refractivity contribution >= 4 is 121 Å². The molecule has 9 nitrogen and oxygen atoms in total. The third kappa shape index (κ3) is 9.62. The van der Waals surface area contributed by atoms with Crippen LogP contribution in [0.4, 0.5) is 4.39 Å². The van der Waals surface area contributed by atoms with E-state index in [2.05, 4.69) is 9.55 Å². The van der Waals surface area contributed by atoms with Crippen LogP contribution < -0.4 is 0 Å². The fourth-order valence-electron chi connectivity index (χ4n) is 3.33. The number of carbonyl (C=O) groups excluding carboxylic acids is 2. The summed E-state index contributed by atoms with van der Waals surface area (Å²) in [7, 11) is -4.98. The number of nitrogens with zero attached hydrogens (tertiary/aromatic N) is 1. The standard InChI is InChI=1S/C25H14Cl8FNO8S/c26-11-1-3-13(15(28)5-11)24(36)40-10-21(42-44(38,39)22-8-18(31)17(30)7-19(22)32)23(20(34)9-35-43-33)41-25(37)14-4-2-12(27)6-16(14)29/h1-9,20-21,23H,10H2/b35-9-/t20?,21?,23-/m1/s1. The van der Waals surface area contributed by atoms with E-state index in [0.29, 0.717) is 6.21 Å². The van der Waals surface area contributed by atoms with Gasteiger partial charge in [0.2, 0.25) is 0 Å². The SMILES string of the molecule is O=C(OCC(OS(=O)(=O)c1cc(Cl)c(Cl)cc1Cl)[C@H](OC(=O)c1ccc(Cl)cc1Cl)C(F)/C=N\OCl)c1ccc(Cl)cc1Cl. The summed E-state index contributed by atoms with van der Waals surface area (Å²) in [4.78, 5) is 25.2. The monoisotopic (exact) mass is 787 g/mol. The summed E-state index contributed by atoms with van der Waals surface area (Å²) >= 11 is 46.8. The van der Waals surface area contributed by atoms with Gasteiger partial charge < -0.3 is 9.47 Å². The fourth-order valence-corrected chi connectivity index (χ4v) is 6.40. The number of benzene rings is 3. The van der Waals surface area contributed by atoms with E-state index in [1.807, 2.05) is 0 Å². The molecule has 0 amide bonds. The molecule has 0 fully saturated rings. The van der Waals surface area contributed by atoms with Crippen molar-refractivity contribution < 1.29 is 40.4 Å². The molecule has 3 aromatic rings. The van der Waals surface area contributed by atoms with Gasteiger partial charge in [0.15, 0.2) is 30.2 Å². The minimum absolute atomic E-state index is 0.0892. The molecular formula is C25H14Cl8FNO8S. The number of ether oxygens (including phenoxy) is 2. The van der Waals surface area contributed by atoms with Crippen molar-refractivity contribution in [1.82, 2.24) is 0 Å². The van der Waals surface area contributed by atoms with Crippen molar-refractivity contribution in [2.75, 3.05) is 6.61 Å². The molecule has 3 rings (SSSR count). The van der Waals surface area contributed by atoms with Crippen molar-refractivity contribution in [2.24, 2.45) is 5.16 Å². The fraction of sp³-hybridized carbons (Fsp3) is 0.160. The van der Waals surface area contributed by atoms with E-state index in [-0.39, 0.29) is 41.3 Å². The van der Waals surface area contributed by atoms with Gasteiger partial charge in [-0.2, -0.15) is 8.42 Å². The van der Waals surface area contributed by atoms with Crippen LogP contribution in [0.3, 0.4) is 0 Å². The average molecular weight is 791 g/mol. The molecule has 2 unspecified atom stereocenters. The lowest BCUT2D eigenvalue weighted by atomic mass is 10.1. The Bertz CT molecular complexity index is 1690. The largest absolute Gasteiger partial charge is 0.459 e. The van der Waals surface area contributed by atoms with Crippen molar-refractivity contribution in [3.63, 3.8) is 0 Å². The highest BCUT2D eigenvalue weighted by Crippen LogP contribution is 2.34. The number of oxime groups is 1. The zero-order chi connectivity index (χ0) is 32.8. The average Bonchev–Trinajstić information content (AvgIpc) is 2.94. The van der Waals surface area contributed by atoms with Crippen molar-refractivity contribution in [3.8, 4) is 0 Å². The smallest absolute Gasteiger partial charge is 0.340 e. The molecule has 0 aliphatic rings. The van der Waals surface area contributed by atoms with Crippen LogP contribution in [0, 0.1) is 0 Å². The van der Waals surface area contributed by atoms with Gasteiger partial charge in [0, 0.05) is 10.0 Å². The van der Waals surface area contributed by atoms with Crippen molar-refractivity contribution in [1.29, 1.82) is 0 Å². The molecule has 236 valence electrons. The highest BCUT2D eigenvalue weighted by atomic mass is 35.5. The van der Waals surface area contributed by atoms with Gasteiger partial charge >= 0.3 is 11.9 Å². The Morgan fingerprint density at radius 1 is 0.795 bits per heavy atom. The van der Waals surface area contributed by atoms with Crippen LogP contribution >= 0.6 is 93.1 Å². The first-order valence-corrected chi connectivity index (χ1v) is 15.8. The second kappa shape index (κ2) is 16.2. The maximum Gasteiger partial charge on any atom is 0.340 e. The molecule has 0 radical (unpaired) electrons. The van der Waals surface area contributed by atoms with Crippen LogP contribution in [0.2, 0.25) is 35.2 Å². The maximum absolute atomic E-state index is 15.5. The molecule has 19 heteroatoms. The molecule has 0 spiro atoms. The quantitative estimate of drug-likeness (QED) is 0.0587. The van der Waals surface area contributed by atoms with E-state index in [4.69, 9.17) is 107 Å². The molecule has 0 heterocycles. The Morgan fingerprint density at radius 2 is 1.34 bits per heavy atom. The minimum atomic E-state index is -4.98. The van der Waals surface area contributed by atoms with Crippen molar-refractivity contribution in [2.45, 2.75) is 23.3 Å². The lowest BCUT2D eigenvalue weighted by molar-refractivity contribution is -0.0476. The molecule has 0 aliphatic heterocycles. The number of esters is 2. The van der Waals surface area contributed by atoms with Gasteiger partial charge in [0.25, 0.3) is 10.1 Å². The first kappa shape index (κ1) is 36.7. The van der Waals surface area contributed by atoms with Gasteiger partial charge in [0.1, 0.15) is 11.5 Å². The topological polar surface area (TPSA) is 118 Å². The summed E-state index contributed by atoms with van der Waals surface area (Å²) in [6.07, 6.45) is -6.44. The van der Waals surface area contributed by atoms with Gasteiger partial charge in [-0.3, -0.25) is 8.57 Å². The normalized spacial score (nSPS) is 13.8. The van der Waals surface area contributed by atoms with E-state index < -0.39 is 57.0 Å². The number of hydrogen-bond donors (Lipinski definition) is 0. The van der Waals surface area contributed by atoms with E-state index in [9.17, 15) is 18.0 Å². The van der Waals surface area contributed by atoms with Gasteiger partial charge in [-0.15, -0.1) is 0 Å². The summed E-state index contributed by atoms with van der Waals surface area (Å²) in [5.41, 5.74) is -0.488. The van der Waals surface area contributed by atoms with Crippen molar-refractivity contribution in [3.05, 3.63) is 94.8 Å². The van der Waals surface area contributed by atoms with Gasteiger partial charge in [-0.1, -0.05) is 86.4 Å². The van der Waals surface area contributed by atoms with Crippen LogP contribution in [0.15, 0.2) is 58.6 Å². The predicted octanol–water partition coefficient (Wildman–Crippen LogP) is 8.91. The van der Waals surface area contributed by atoms with Crippen LogP contribution in [-0.4, -0.2) is 51.6 Å². The number of hydrogen-bond acceptors (Lipinski definition) is 9. The van der Waals surface area contributed by atoms with E-state index in [1.54, 1.807) is 0 Å². The molecule has 0 saturated carbocycles. The Kier molecular flexibility index (Phi) is 13.5. The summed E-state index contributed by atoms with van der Waals surface area (Å²) in [5.74, 6) is -2.37. The van der Waals surface area contributed by atoms with E-state index >= 15 is 4.39 Å². The van der Waals surface area contributed by atoms with E-state index in [1.165, 1.54) is 30.3 Å². The number of alkyl halides is 1. The Morgan fingerprint density at radius 3 is 1.89 bits per heavy atom. The molecule has 0 bridgehead atoms. The number of rotatable bonds is 12. The molecular weight excluding hydrogens is 777 g/mol. The first-order valence-electron chi connectivity index (χ1n) is 11.5. The van der Waals surface area contributed by atoms with Crippen LogP contribution in [0.25, 0.3) is 0 Å². The van der Waals surface area contributed by atoms with Crippen LogP contribution in [0.1, 0.15) is 20.7 Å². The van der Waals surface area contributed by atoms with Crippen LogP contribution in [0.5, 0.6) is 0 Å². The van der Waals surface area contributed by atoms with Gasteiger partial charge in [0.05, 0.1) is 42.5 Å². The highest BCUT2D eigenvalue weighted by molar-refractivity contribution is 7.87. The van der Waals surface area contributed by atoms with Crippen LogP contribution in [-0.2, 0) is 28.2 Å². The molecule has 0 aromatic heterocycles. The summed E-state index contributed by atoms with van der Waals surface area (Å²) < 4.78 is 61.9. The maximum atomic E-state index is 15.5. The minimum Gasteiger partial charge on any atom is -0.459 e. The Labute approximate surface area is 289 Å². The second-order valence-corrected chi connectivity index (χ2v) is 12.9. The highest BCUT2D eigenvalue weighted by Gasteiger charge is 2.40. The predicted molar refractivity (Wildman–Crippen MR) is 166 cm³/mol. The molecule has 3 aromatic carbocycles. The Hall–Kier alpha value is -1.77. The number of halogens is 9. The lowest BCUT2D eigenvalue weighted by Crippen LogP contribution is -2.45. The molecule has 3 atom stereocenters. The van der Waals surface area contributed by atoms with E-state index in [0.717, 1.165) is 18.2 Å². The van der Waals surface area contributed by atoms with Gasteiger partial charge in [-0.05, 0) is 48.5 Å². The summed E-state index contributed by atoms with van der Waals surface area (Å²) in [6, 6.07) is 9.32. The third-order valence-corrected chi connectivity index (χ3v) is 9.04. The lowest BCUT2D eigenvalue weighted by Gasteiger charge is -2.27. The zero-order valence-electron chi connectivity index (χ0n) is 21.2. The zero-order valence-corrected chi connectivity index (χ0v) is 28.0. The molecule has 0 saturated heterocycles. The second-order valence-electron chi connectivity index (χ2n) is 8.27. The first-order chi connectivity index (χ1) is 20.6. The summed E-state index contributed by atoms with van der Waals surface area (Å²) in [6.45, 7) is -1.06. The molecule has 44 heavy (non-hydrogen) atoms. The van der Waals surface area contributed by atoms with Gasteiger partial charge in [-0.25, -0.2) is 14.0 Å².